The fraction of sp³-hybridized carbons (Fsp3) is 0.333. The van der Waals surface area contributed by atoms with E-state index in [9.17, 15) is 0 Å². The van der Waals surface area contributed by atoms with Crippen molar-refractivity contribution < 1.29 is 0 Å². The largest absolute Gasteiger partial charge is 0.0949 e. The van der Waals surface area contributed by atoms with Gasteiger partial charge in [-0.2, -0.15) is 0 Å². The SMILES string of the molecule is C=C1C(=C)C2CCC1C1=C2Cc2ccccc2C1. The minimum absolute atomic E-state index is 0.603. The third-order valence-electron chi connectivity index (χ3n) is 5.13. The predicted octanol–water partition coefficient (Wildman–Crippen LogP) is 4.23. The molecular weight excluding hydrogens is 216 g/mol. The highest BCUT2D eigenvalue weighted by molar-refractivity contribution is 5.54. The monoisotopic (exact) mass is 234 g/mol. The first-order chi connectivity index (χ1) is 8.75. The van der Waals surface area contributed by atoms with Crippen molar-refractivity contribution in [2.75, 3.05) is 0 Å². The van der Waals surface area contributed by atoms with Crippen LogP contribution in [0.25, 0.3) is 0 Å². The molecule has 0 N–H and O–H groups in total. The second-order valence-corrected chi connectivity index (χ2v) is 5.91. The summed E-state index contributed by atoms with van der Waals surface area (Å²) in [4.78, 5) is 0. The third-order valence-corrected chi connectivity index (χ3v) is 5.13. The molecule has 0 heteroatoms. The maximum atomic E-state index is 4.29. The number of hydrogen-bond donors (Lipinski definition) is 0. The Morgan fingerprint density at radius 2 is 1.22 bits per heavy atom. The second kappa shape index (κ2) is 3.47. The molecule has 0 nitrogen and oxygen atoms in total. The van der Waals surface area contributed by atoms with E-state index < -0.39 is 0 Å². The molecule has 1 aromatic rings. The van der Waals surface area contributed by atoms with Crippen LogP contribution < -0.4 is 0 Å². The van der Waals surface area contributed by atoms with Crippen LogP contribution in [0.1, 0.15) is 24.0 Å². The Bertz CT molecular complexity index is 547. The fourth-order valence-corrected chi connectivity index (χ4v) is 4.13. The zero-order chi connectivity index (χ0) is 12.3. The molecule has 1 saturated carbocycles. The van der Waals surface area contributed by atoms with Gasteiger partial charge < -0.3 is 0 Å². The van der Waals surface area contributed by atoms with E-state index in [0.717, 1.165) is 12.8 Å². The van der Waals surface area contributed by atoms with Gasteiger partial charge in [0.25, 0.3) is 0 Å². The highest BCUT2D eigenvalue weighted by Gasteiger charge is 2.40. The lowest BCUT2D eigenvalue weighted by Gasteiger charge is -2.45. The minimum atomic E-state index is 0.603. The van der Waals surface area contributed by atoms with Crippen molar-refractivity contribution in [2.45, 2.75) is 25.7 Å². The van der Waals surface area contributed by atoms with Crippen LogP contribution in [0.4, 0.5) is 0 Å². The summed E-state index contributed by atoms with van der Waals surface area (Å²) in [5.41, 5.74) is 9.07. The van der Waals surface area contributed by atoms with Crippen LogP contribution in [0.2, 0.25) is 0 Å². The van der Waals surface area contributed by atoms with Gasteiger partial charge in [0.2, 0.25) is 0 Å². The Morgan fingerprint density at radius 1 is 0.778 bits per heavy atom. The normalized spacial score (nSPS) is 29.3. The molecule has 0 amide bonds. The quantitative estimate of drug-likeness (QED) is 0.589. The Labute approximate surface area is 109 Å². The summed E-state index contributed by atoms with van der Waals surface area (Å²) in [5, 5.41) is 0. The van der Waals surface area contributed by atoms with Gasteiger partial charge >= 0.3 is 0 Å². The first-order valence-electron chi connectivity index (χ1n) is 6.92. The highest BCUT2D eigenvalue weighted by Crippen LogP contribution is 2.53. The lowest BCUT2D eigenvalue weighted by atomic mass is 9.59. The Hall–Kier alpha value is -1.56. The number of rotatable bonds is 0. The molecule has 2 bridgehead atoms. The number of hydrogen-bond acceptors (Lipinski definition) is 0. The van der Waals surface area contributed by atoms with E-state index in [1.807, 2.05) is 0 Å². The average molecular weight is 234 g/mol. The van der Waals surface area contributed by atoms with Crippen LogP contribution in [0.5, 0.6) is 0 Å². The van der Waals surface area contributed by atoms with Crippen molar-refractivity contribution in [1.29, 1.82) is 0 Å². The summed E-state index contributed by atoms with van der Waals surface area (Å²) < 4.78 is 0. The molecule has 18 heavy (non-hydrogen) atoms. The number of benzene rings is 1. The van der Waals surface area contributed by atoms with Gasteiger partial charge in [-0.05, 0) is 48.0 Å². The molecule has 1 aromatic carbocycles. The van der Waals surface area contributed by atoms with Crippen LogP contribution >= 0.6 is 0 Å². The number of allylic oxidation sites excluding steroid dienone is 4. The van der Waals surface area contributed by atoms with E-state index in [0.29, 0.717) is 11.8 Å². The molecule has 1 fully saturated rings. The molecule has 2 unspecified atom stereocenters. The van der Waals surface area contributed by atoms with E-state index in [-0.39, 0.29) is 0 Å². The molecule has 0 aliphatic heterocycles. The van der Waals surface area contributed by atoms with Gasteiger partial charge in [0.15, 0.2) is 0 Å². The Balaban J connectivity index is 1.85. The molecule has 0 radical (unpaired) electrons. The topological polar surface area (TPSA) is 0 Å². The molecule has 4 aliphatic rings. The minimum Gasteiger partial charge on any atom is -0.0949 e. The first-order valence-corrected chi connectivity index (χ1v) is 6.92. The molecule has 5 rings (SSSR count). The van der Waals surface area contributed by atoms with Gasteiger partial charge in [-0.1, -0.05) is 48.6 Å². The molecule has 4 aliphatic carbocycles. The summed E-state index contributed by atoms with van der Waals surface area (Å²) in [7, 11) is 0. The smallest absolute Gasteiger partial charge is 0.00517 e. The van der Waals surface area contributed by atoms with Crippen LogP contribution in [0.3, 0.4) is 0 Å². The van der Waals surface area contributed by atoms with E-state index in [2.05, 4.69) is 37.4 Å². The third kappa shape index (κ3) is 1.21. The summed E-state index contributed by atoms with van der Waals surface area (Å²) in [6.45, 7) is 8.58. The van der Waals surface area contributed by atoms with Gasteiger partial charge in [0, 0.05) is 11.8 Å². The lowest BCUT2D eigenvalue weighted by Crippen LogP contribution is -2.33. The van der Waals surface area contributed by atoms with E-state index >= 15 is 0 Å². The van der Waals surface area contributed by atoms with Crippen molar-refractivity contribution in [3.05, 3.63) is 70.8 Å². The zero-order valence-corrected chi connectivity index (χ0v) is 10.7. The summed E-state index contributed by atoms with van der Waals surface area (Å²) in [5.74, 6) is 1.21. The van der Waals surface area contributed by atoms with Crippen molar-refractivity contribution in [3.63, 3.8) is 0 Å². The summed E-state index contributed by atoms with van der Waals surface area (Å²) >= 11 is 0. The molecule has 0 spiro atoms. The molecule has 0 saturated heterocycles. The second-order valence-electron chi connectivity index (χ2n) is 5.91. The first kappa shape index (κ1) is 10.4. The molecule has 0 aromatic heterocycles. The maximum Gasteiger partial charge on any atom is 0.00517 e. The lowest BCUT2D eigenvalue weighted by molar-refractivity contribution is 0.422. The number of fused-ring (bicyclic) bond motifs is 3. The maximum absolute atomic E-state index is 4.29. The predicted molar refractivity (Wildman–Crippen MR) is 75.4 cm³/mol. The van der Waals surface area contributed by atoms with Gasteiger partial charge in [-0.25, -0.2) is 0 Å². The summed E-state index contributed by atoms with van der Waals surface area (Å²) in [6, 6.07) is 8.91. The van der Waals surface area contributed by atoms with Crippen LogP contribution in [-0.4, -0.2) is 0 Å². The van der Waals surface area contributed by atoms with Gasteiger partial charge in [0.05, 0.1) is 0 Å². The van der Waals surface area contributed by atoms with Gasteiger partial charge in [-0.3, -0.25) is 0 Å². The van der Waals surface area contributed by atoms with Crippen molar-refractivity contribution in [2.24, 2.45) is 11.8 Å². The van der Waals surface area contributed by atoms with Crippen LogP contribution in [0, 0.1) is 11.8 Å². The van der Waals surface area contributed by atoms with Crippen LogP contribution in [-0.2, 0) is 12.8 Å². The standard InChI is InChI=1S/C18H18/c1-11-12(2)16-8-7-15(11)17-9-13-5-3-4-6-14(13)10-18(16)17/h3-6,15-16H,1-2,7-10H2. The fourth-order valence-electron chi connectivity index (χ4n) is 4.13. The van der Waals surface area contributed by atoms with Crippen LogP contribution in [0.15, 0.2) is 59.7 Å². The van der Waals surface area contributed by atoms with Gasteiger partial charge in [0.1, 0.15) is 0 Å². The van der Waals surface area contributed by atoms with E-state index in [4.69, 9.17) is 0 Å². The van der Waals surface area contributed by atoms with E-state index in [1.165, 1.54) is 35.1 Å². The van der Waals surface area contributed by atoms with Gasteiger partial charge in [-0.15, -0.1) is 0 Å². The molecule has 2 atom stereocenters. The Kier molecular flexibility index (Phi) is 2.00. The molecular formula is C18H18. The van der Waals surface area contributed by atoms with E-state index in [1.54, 1.807) is 11.1 Å². The summed E-state index contributed by atoms with van der Waals surface area (Å²) in [6.07, 6.45) is 4.89. The molecule has 0 heterocycles. The zero-order valence-electron chi connectivity index (χ0n) is 10.7. The van der Waals surface area contributed by atoms with Crippen molar-refractivity contribution in [1.82, 2.24) is 0 Å². The average Bonchev–Trinajstić information content (AvgIpc) is 2.41. The molecule has 90 valence electrons. The van der Waals surface area contributed by atoms with Crippen molar-refractivity contribution >= 4 is 0 Å². The Morgan fingerprint density at radius 3 is 1.67 bits per heavy atom. The van der Waals surface area contributed by atoms with Crippen molar-refractivity contribution in [3.8, 4) is 0 Å². The highest BCUT2D eigenvalue weighted by atomic mass is 14.4.